The summed E-state index contributed by atoms with van der Waals surface area (Å²) in [5.74, 6) is 0. The highest BCUT2D eigenvalue weighted by Gasteiger charge is 2.20. The molecule has 0 radical (unpaired) electrons. The topological polar surface area (TPSA) is 15.3 Å². The lowest BCUT2D eigenvalue weighted by molar-refractivity contribution is 0.573. The third-order valence-electron chi connectivity index (χ3n) is 4.54. The van der Waals surface area contributed by atoms with Crippen LogP contribution in [0.5, 0.6) is 0 Å². The Morgan fingerprint density at radius 2 is 1.76 bits per heavy atom. The van der Waals surface area contributed by atoms with Crippen LogP contribution in [0.4, 0.5) is 5.69 Å². The second kappa shape index (κ2) is 6.31. The molecule has 110 valence electrons. The molecule has 0 saturated carbocycles. The second-order valence-corrected chi connectivity index (χ2v) is 5.75. The van der Waals surface area contributed by atoms with E-state index in [-0.39, 0.29) is 0 Å². The highest BCUT2D eigenvalue weighted by Crippen LogP contribution is 2.31. The predicted octanol–water partition coefficient (Wildman–Crippen LogP) is 3.92. The molecule has 0 aliphatic carbocycles. The number of fused-ring (bicyclic) bond motifs is 1. The summed E-state index contributed by atoms with van der Waals surface area (Å²) in [4.78, 5) is 2.53. The van der Waals surface area contributed by atoms with E-state index >= 15 is 0 Å². The van der Waals surface area contributed by atoms with Gasteiger partial charge in [0.05, 0.1) is 0 Å². The first-order chi connectivity index (χ1) is 10.3. The quantitative estimate of drug-likeness (QED) is 0.913. The minimum Gasteiger partial charge on any atom is -0.367 e. The minimum atomic E-state index is 0.429. The van der Waals surface area contributed by atoms with Crippen LogP contribution in [0.25, 0.3) is 0 Å². The van der Waals surface area contributed by atoms with Crippen molar-refractivity contribution < 1.29 is 0 Å². The fraction of sp³-hybridized carbons (Fsp3) is 0.368. The molecule has 0 fully saturated rings. The molecule has 1 aliphatic rings. The summed E-state index contributed by atoms with van der Waals surface area (Å²) in [6.07, 6.45) is 2.25. The van der Waals surface area contributed by atoms with Crippen molar-refractivity contribution in [3.8, 4) is 0 Å². The van der Waals surface area contributed by atoms with Gasteiger partial charge in [-0.25, -0.2) is 0 Å². The summed E-state index contributed by atoms with van der Waals surface area (Å²) in [5.41, 5.74) is 5.78. The van der Waals surface area contributed by atoms with Crippen LogP contribution < -0.4 is 10.2 Å². The van der Waals surface area contributed by atoms with Crippen molar-refractivity contribution in [2.45, 2.75) is 32.4 Å². The third-order valence-corrected chi connectivity index (χ3v) is 4.54. The van der Waals surface area contributed by atoms with Gasteiger partial charge in [0.25, 0.3) is 0 Å². The Morgan fingerprint density at radius 3 is 2.52 bits per heavy atom. The predicted molar refractivity (Wildman–Crippen MR) is 89.7 cm³/mol. The van der Waals surface area contributed by atoms with Crippen molar-refractivity contribution in [1.29, 1.82) is 0 Å². The van der Waals surface area contributed by atoms with Crippen molar-refractivity contribution in [1.82, 2.24) is 5.32 Å². The fourth-order valence-electron chi connectivity index (χ4n) is 3.35. The molecule has 2 nitrogen and oxygen atoms in total. The van der Waals surface area contributed by atoms with E-state index in [1.165, 1.54) is 22.4 Å². The molecule has 2 heteroatoms. The van der Waals surface area contributed by atoms with Gasteiger partial charge in [-0.05, 0) is 42.6 Å². The summed E-state index contributed by atoms with van der Waals surface area (Å²) in [7, 11) is 2.05. The molecule has 1 atom stereocenters. The largest absolute Gasteiger partial charge is 0.367 e. The van der Waals surface area contributed by atoms with E-state index < -0.39 is 0 Å². The number of benzene rings is 2. The number of nitrogens with one attached hydrogen (secondary N) is 1. The van der Waals surface area contributed by atoms with Crippen molar-refractivity contribution >= 4 is 5.69 Å². The molecule has 3 rings (SSSR count). The van der Waals surface area contributed by atoms with Crippen molar-refractivity contribution in [2.75, 3.05) is 18.5 Å². The molecule has 21 heavy (non-hydrogen) atoms. The Balaban J connectivity index is 1.92. The first kappa shape index (κ1) is 14.2. The molecule has 1 aliphatic heterocycles. The van der Waals surface area contributed by atoms with Crippen LogP contribution in [0.1, 0.15) is 36.1 Å². The molecule has 2 aromatic carbocycles. The number of para-hydroxylation sites is 1. The Morgan fingerprint density at radius 1 is 1.05 bits per heavy atom. The molecule has 0 bridgehead atoms. The van der Waals surface area contributed by atoms with Gasteiger partial charge in [-0.2, -0.15) is 0 Å². The lowest BCUT2D eigenvalue weighted by Gasteiger charge is -2.33. The SMILES string of the molecule is CCC(NC)c1ccccc1N1CCc2ccccc2C1. The van der Waals surface area contributed by atoms with E-state index in [9.17, 15) is 0 Å². The molecule has 0 spiro atoms. The van der Waals surface area contributed by atoms with E-state index in [1.807, 2.05) is 0 Å². The van der Waals surface area contributed by atoms with Gasteiger partial charge in [0.15, 0.2) is 0 Å². The normalized spacial score (nSPS) is 15.6. The van der Waals surface area contributed by atoms with Gasteiger partial charge in [-0.15, -0.1) is 0 Å². The van der Waals surface area contributed by atoms with E-state index in [0.717, 1.165) is 25.9 Å². The van der Waals surface area contributed by atoms with Crippen LogP contribution in [-0.2, 0) is 13.0 Å². The summed E-state index contributed by atoms with van der Waals surface area (Å²) in [5, 5.41) is 3.44. The number of rotatable bonds is 4. The molecular formula is C19H24N2. The van der Waals surface area contributed by atoms with Crippen LogP contribution in [0, 0.1) is 0 Å². The second-order valence-electron chi connectivity index (χ2n) is 5.75. The van der Waals surface area contributed by atoms with E-state index in [0.29, 0.717) is 6.04 Å². The molecule has 0 aromatic heterocycles. The zero-order valence-corrected chi connectivity index (χ0v) is 13.0. The summed E-state index contributed by atoms with van der Waals surface area (Å²) < 4.78 is 0. The molecule has 2 aromatic rings. The monoisotopic (exact) mass is 280 g/mol. The van der Waals surface area contributed by atoms with Gasteiger partial charge in [0.2, 0.25) is 0 Å². The van der Waals surface area contributed by atoms with Gasteiger partial charge < -0.3 is 10.2 Å². The average molecular weight is 280 g/mol. The van der Waals surface area contributed by atoms with Crippen LogP contribution >= 0.6 is 0 Å². The number of nitrogens with zero attached hydrogens (tertiary/aromatic N) is 1. The Kier molecular flexibility index (Phi) is 4.26. The van der Waals surface area contributed by atoms with Gasteiger partial charge >= 0.3 is 0 Å². The van der Waals surface area contributed by atoms with Crippen molar-refractivity contribution in [3.63, 3.8) is 0 Å². The van der Waals surface area contributed by atoms with Crippen LogP contribution in [-0.4, -0.2) is 13.6 Å². The van der Waals surface area contributed by atoms with E-state index in [4.69, 9.17) is 0 Å². The molecule has 1 heterocycles. The molecule has 1 unspecified atom stereocenters. The Labute approximate surface area is 127 Å². The van der Waals surface area contributed by atoms with Crippen LogP contribution in [0.3, 0.4) is 0 Å². The van der Waals surface area contributed by atoms with Gasteiger partial charge in [0.1, 0.15) is 0 Å². The maximum Gasteiger partial charge on any atom is 0.0432 e. The molecule has 0 saturated heterocycles. The van der Waals surface area contributed by atoms with Gasteiger partial charge in [-0.3, -0.25) is 0 Å². The van der Waals surface area contributed by atoms with Gasteiger partial charge in [0, 0.05) is 24.8 Å². The first-order valence-electron chi connectivity index (χ1n) is 7.91. The third kappa shape index (κ3) is 2.81. The standard InChI is InChI=1S/C19H24N2/c1-3-18(20-2)17-10-6-7-11-19(17)21-13-12-15-8-4-5-9-16(15)14-21/h4-11,18,20H,3,12-14H2,1-2H3. The zero-order valence-electron chi connectivity index (χ0n) is 13.0. The van der Waals surface area contributed by atoms with Crippen LogP contribution in [0.15, 0.2) is 48.5 Å². The lowest BCUT2D eigenvalue weighted by atomic mass is 9.96. The van der Waals surface area contributed by atoms with E-state index in [2.05, 4.69) is 72.7 Å². The van der Waals surface area contributed by atoms with Crippen molar-refractivity contribution in [3.05, 3.63) is 65.2 Å². The summed E-state index contributed by atoms with van der Waals surface area (Å²) >= 11 is 0. The lowest BCUT2D eigenvalue weighted by Crippen LogP contribution is -2.32. The average Bonchev–Trinajstić information content (AvgIpc) is 2.56. The molecule has 1 N–H and O–H groups in total. The Bertz CT molecular complexity index is 602. The number of hydrogen-bond acceptors (Lipinski definition) is 2. The number of hydrogen-bond donors (Lipinski definition) is 1. The fourth-order valence-corrected chi connectivity index (χ4v) is 3.35. The molecular weight excluding hydrogens is 256 g/mol. The highest BCUT2D eigenvalue weighted by molar-refractivity contribution is 5.56. The molecule has 0 amide bonds. The smallest absolute Gasteiger partial charge is 0.0432 e. The zero-order chi connectivity index (χ0) is 14.7. The maximum atomic E-state index is 3.44. The van der Waals surface area contributed by atoms with E-state index in [1.54, 1.807) is 0 Å². The summed E-state index contributed by atoms with van der Waals surface area (Å²) in [6.45, 7) is 4.37. The maximum absolute atomic E-state index is 3.44. The van der Waals surface area contributed by atoms with Crippen LogP contribution in [0.2, 0.25) is 0 Å². The minimum absolute atomic E-state index is 0.429. The first-order valence-corrected chi connectivity index (χ1v) is 7.91. The Hall–Kier alpha value is -1.80. The summed E-state index contributed by atoms with van der Waals surface area (Å²) in [6, 6.07) is 18.1. The van der Waals surface area contributed by atoms with Gasteiger partial charge in [-0.1, -0.05) is 49.4 Å². The highest BCUT2D eigenvalue weighted by atomic mass is 15.1. The number of anilines is 1. The van der Waals surface area contributed by atoms with Crippen molar-refractivity contribution in [2.24, 2.45) is 0 Å².